The fourth-order valence-electron chi connectivity index (χ4n) is 2.48. The minimum Gasteiger partial charge on any atom is -0.381 e. The molecule has 1 saturated heterocycles. The molecule has 0 bridgehead atoms. The van der Waals surface area contributed by atoms with E-state index in [2.05, 4.69) is 15.5 Å². The van der Waals surface area contributed by atoms with Gasteiger partial charge in [-0.1, -0.05) is 6.07 Å². The zero-order valence-corrected chi connectivity index (χ0v) is 11.3. The van der Waals surface area contributed by atoms with Crippen LogP contribution in [0.1, 0.15) is 6.42 Å². The van der Waals surface area contributed by atoms with E-state index in [1.807, 2.05) is 0 Å². The first kappa shape index (κ1) is 12.9. The molecule has 0 aliphatic carbocycles. The van der Waals surface area contributed by atoms with Crippen LogP contribution >= 0.6 is 0 Å². The molecule has 0 radical (unpaired) electrons. The summed E-state index contributed by atoms with van der Waals surface area (Å²) in [5, 5.41) is 8.12. The number of aromatic amines is 2. The molecule has 0 saturated carbocycles. The lowest BCUT2D eigenvalue weighted by atomic mass is 10.1. The van der Waals surface area contributed by atoms with Gasteiger partial charge in [-0.2, -0.15) is 0 Å². The standard InChI is InChI=1S/C12H13N3O4S/c16-11-8-2-1-3-9(10(8)12(17)15-14-11)13-7-4-5-20(18,19)6-7/h1-3,7,13H,4-6H2,(H,14,16)(H,15,17). The molecule has 0 amide bonds. The van der Waals surface area contributed by atoms with Crippen LogP contribution in [0.3, 0.4) is 0 Å². The van der Waals surface area contributed by atoms with E-state index < -0.39 is 15.4 Å². The summed E-state index contributed by atoms with van der Waals surface area (Å²) in [7, 11) is -3.00. The number of H-pyrrole nitrogens is 2. The van der Waals surface area contributed by atoms with Gasteiger partial charge in [-0.05, 0) is 18.6 Å². The van der Waals surface area contributed by atoms with Crippen molar-refractivity contribution in [3.8, 4) is 0 Å². The first-order valence-electron chi connectivity index (χ1n) is 6.17. The number of fused-ring (bicyclic) bond motifs is 1. The molecule has 2 aromatic rings. The zero-order chi connectivity index (χ0) is 14.3. The first-order chi connectivity index (χ1) is 9.46. The second-order valence-electron chi connectivity index (χ2n) is 4.88. The van der Waals surface area contributed by atoms with Crippen molar-refractivity contribution in [2.24, 2.45) is 0 Å². The van der Waals surface area contributed by atoms with Crippen LogP contribution in [-0.2, 0) is 9.84 Å². The highest BCUT2D eigenvalue weighted by Crippen LogP contribution is 2.21. The van der Waals surface area contributed by atoms with Crippen molar-refractivity contribution in [2.45, 2.75) is 12.5 Å². The Morgan fingerprint density at radius 1 is 1.15 bits per heavy atom. The Morgan fingerprint density at radius 3 is 2.60 bits per heavy atom. The average Bonchev–Trinajstić information content (AvgIpc) is 2.73. The first-order valence-corrected chi connectivity index (χ1v) is 7.99. The third-order valence-electron chi connectivity index (χ3n) is 3.42. The largest absolute Gasteiger partial charge is 0.381 e. The molecule has 0 spiro atoms. The molecule has 1 aromatic heterocycles. The molecule has 1 fully saturated rings. The smallest absolute Gasteiger partial charge is 0.272 e. The van der Waals surface area contributed by atoms with Gasteiger partial charge in [0, 0.05) is 11.7 Å². The number of hydrogen-bond acceptors (Lipinski definition) is 5. The van der Waals surface area contributed by atoms with E-state index in [1.54, 1.807) is 18.2 Å². The molecule has 3 N–H and O–H groups in total. The fraction of sp³-hybridized carbons (Fsp3) is 0.333. The fourth-order valence-corrected chi connectivity index (χ4v) is 4.15. The Bertz CT molecular complexity index is 881. The molecule has 106 valence electrons. The van der Waals surface area contributed by atoms with Gasteiger partial charge in [0.15, 0.2) is 9.84 Å². The van der Waals surface area contributed by atoms with E-state index in [-0.39, 0.29) is 33.9 Å². The van der Waals surface area contributed by atoms with Crippen LogP contribution in [0.5, 0.6) is 0 Å². The van der Waals surface area contributed by atoms with E-state index >= 15 is 0 Å². The van der Waals surface area contributed by atoms with Crippen LogP contribution in [-0.4, -0.2) is 36.2 Å². The second-order valence-corrected chi connectivity index (χ2v) is 7.11. The Kier molecular flexibility index (Phi) is 2.89. The summed E-state index contributed by atoms with van der Waals surface area (Å²) in [4.78, 5) is 23.5. The molecule has 1 aliphatic heterocycles. The van der Waals surface area contributed by atoms with Crippen molar-refractivity contribution < 1.29 is 8.42 Å². The summed E-state index contributed by atoms with van der Waals surface area (Å²) in [5.74, 6) is 0.191. The van der Waals surface area contributed by atoms with Crippen LogP contribution in [0.4, 0.5) is 5.69 Å². The maximum atomic E-state index is 11.9. The van der Waals surface area contributed by atoms with Gasteiger partial charge in [-0.3, -0.25) is 19.8 Å². The zero-order valence-electron chi connectivity index (χ0n) is 10.5. The predicted octanol–water partition coefficient (Wildman–Crippen LogP) is -0.185. The lowest BCUT2D eigenvalue weighted by molar-refractivity contribution is 0.602. The van der Waals surface area contributed by atoms with Crippen molar-refractivity contribution in [1.29, 1.82) is 0 Å². The van der Waals surface area contributed by atoms with Crippen LogP contribution in [0.15, 0.2) is 27.8 Å². The molecule has 20 heavy (non-hydrogen) atoms. The molecule has 1 atom stereocenters. The molecular formula is C12H13N3O4S. The summed E-state index contributed by atoms with van der Waals surface area (Å²) in [6.45, 7) is 0. The van der Waals surface area contributed by atoms with Gasteiger partial charge >= 0.3 is 0 Å². The number of aromatic nitrogens is 2. The van der Waals surface area contributed by atoms with Gasteiger partial charge in [-0.15, -0.1) is 0 Å². The molecule has 1 aliphatic rings. The Balaban J connectivity index is 2.07. The molecule has 7 nitrogen and oxygen atoms in total. The maximum Gasteiger partial charge on any atom is 0.272 e. The third-order valence-corrected chi connectivity index (χ3v) is 5.19. The number of rotatable bonds is 2. The van der Waals surface area contributed by atoms with Crippen LogP contribution in [0.25, 0.3) is 10.8 Å². The number of benzene rings is 1. The Labute approximate surface area is 113 Å². The van der Waals surface area contributed by atoms with Crippen molar-refractivity contribution in [3.63, 3.8) is 0 Å². The van der Waals surface area contributed by atoms with Crippen LogP contribution in [0, 0.1) is 0 Å². The highest BCUT2D eigenvalue weighted by atomic mass is 32.2. The van der Waals surface area contributed by atoms with Crippen LogP contribution in [0.2, 0.25) is 0 Å². The molecule has 1 aromatic carbocycles. The van der Waals surface area contributed by atoms with Gasteiger partial charge in [0.25, 0.3) is 11.1 Å². The lowest BCUT2D eigenvalue weighted by Gasteiger charge is -2.13. The van der Waals surface area contributed by atoms with E-state index in [9.17, 15) is 18.0 Å². The molecule has 2 heterocycles. The number of hydrogen-bond donors (Lipinski definition) is 3. The molecular weight excluding hydrogens is 282 g/mol. The van der Waals surface area contributed by atoms with Crippen molar-refractivity contribution in [2.75, 3.05) is 16.8 Å². The Hall–Kier alpha value is -2.09. The second kappa shape index (κ2) is 4.48. The molecule has 3 rings (SSSR count). The molecule has 1 unspecified atom stereocenters. The van der Waals surface area contributed by atoms with Gasteiger partial charge in [0.05, 0.1) is 22.3 Å². The topological polar surface area (TPSA) is 112 Å². The summed E-state index contributed by atoms with van der Waals surface area (Å²) >= 11 is 0. The van der Waals surface area contributed by atoms with Crippen molar-refractivity contribution >= 4 is 26.3 Å². The van der Waals surface area contributed by atoms with E-state index in [4.69, 9.17) is 0 Å². The average molecular weight is 295 g/mol. The maximum absolute atomic E-state index is 11.9. The summed E-state index contributed by atoms with van der Waals surface area (Å²) in [6, 6.07) is 4.65. The number of anilines is 1. The quantitative estimate of drug-likeness (QED) is 0.711. The van der Waals surface area contributed by atoms with Gasteiger partial charge in [0.1, 0.15) is 0 Å². The lowest BCUT2D eigenvalue weighted by Crippen LogP contribution is -2.24. The van der Waals surface area contributed by atoms with E-state index in [1.165, 1.54) is 0 Å². The number of sulfone groups is 1. The molecule has 8 heteroatoms. The van der Waals surface area contributed by atoms with Gasteiger partial charge in [-0.25, -0.2) is 8.42 Å². The van der Waals surface area contributed by atoms with Gasteiger partial charge < -0.3 is 5.32 Å². The third kappa shape index (κ3) is 2.22. The highest BCUT2D eigenvalue weighted by Gasteiger charge is 2.28. The van der Waals surface area contributed by atoms with E-state index in [0.29, 0.717) is 12.1 Å². The van der Waals surface area contributed by atoms with Crippen molar-refractivity contribution in [1.82, 2.24) is 10.2 Å². The Morgan fingerprint density at radius 2 is 1.90 bits per heavy atom. The minimum atomic E-state index is -3.00. The van der Waals surface area contributed by atoms with E-state index in [0.717, 1.165) is 0 Å². The summed E-state index contributed by atoms with van der Waals surface area (Å²) < 4.78 is 22.9. The highest BCUT2D eigenvalue weighted by molar-refractivity contribution is 7.91. The monoisotopic (exact) mass is 295 g/mol. The SMILES string of the molecule is O=c1[nH][nH]c(=O)c2c(NC3CCS(=O)(=O)C3)cccc12. The minimum absolute atomic E-state index is 0.0461. The predicted molar refractivity (Wildman–Crippen MR) is 75.9 cm³/mol. The van der Waals surface area contributed by atoms with Gasteiger partial charge in [0.2, 0.25) is 0 Å². The van der Waals surface area contributed by atoms with Crippen LogP contribution < -0.4 is 16.4 Å². The summed E-state index contributed by atoms with van der Waals surface area (Å²) in [5.41, 5.74) is -0.317. The number of nitrogens with one attached hydrogen (secondary N) is 3. The van der Waals surface area contributed by atoms with Crippen molar-refractivity contribution in [3.05, 3.63) is 38.9 Å². The normalized spacial score (nSPS) is 21.1. The summed E-state index contributed by atoms with van der Waals surface area (Å²) in [6.07, 6.45) is 0.500.